The fourth-order valence-corrected chi connectivity index (χ4v) is 5.75. The van der Waals surface area contributed by atoms with Crippen LogP contribution in [0.25, 0.3) is 0 Å². The maximum Gasteiger partial charge on any atom is 0.272 e. The van der Waals surface area contributed by atoms with Gasteiger partial charge in [-0.2, -0.15) is 0 Å². The lowest BCUT2D eigenvalue weighted by atomic mass is 10.0. The second-order valence-electron chi connectivity index (χ2n) is 6.68. The molecule has 2 aliphatic rings. The van der Waals surface area contributed by atoms with Crippen molar-refractivity contribution in [3.05, 3.63) is 23.3 Å². The van der Waals surface area contributed by atoms with Gasteiger partial charge in [0, 0.05) is 38.5 Å². The van der Waals surface area contributed by atoms with Gasteiger partial charge in [0.15, 0.2) is 9.84 Å². The van der Waals surface area contributed by atoms with E-state index >= 15 is 0 Å². The first kappa shape index (κ1) is 18.2. The standard InChI is InChI=1S/C16H24N4O4S/c1-11-8-13(18-12(2)17-11)16(21)20-5-4-19(6-7-24-3)14-9-25(22,23)10-15(14)20/h8,14-15H,4-7,9-10H2,1-3H3/t14-,15+/m0/s1. The zero-order valence-electron chi connectivity index (χ0n) is 14.8. The summed E-state index contributed by atoms with van der Waals surface area (Å²) in [5.41, 5.74) is 1.06. The van der Waals surface area contributed by atoms with Crippen LogP contribution in [0.1, 0.15) is 22.0 Å². The molecule has 3 heterocycles. The normalized spacial score (nSPS) is 25.8. The monoisotopic (exact) mass is 368 g/mol. The Labute approximate surface area is 148 Å². The van der Waals surface area contributed by atoms with Gasteiger partial charge in [0.1, 0.15) is 11.5 Å². The van der Waals surface area contributed by atoms with Gasteiger partial charge in [-0.05, 0) is 19.9 Å². The van der Waals surface area contributed by atoms with Gasteiger partial charge < -0.3 is 9.64 Å². The van der Waals surface area contributed by atoms with E-state index in [1.807, 2.05) is 6.92 Å². The van der Waals surface area contributed by atoms with Crippen LogP contribution in [0.2, 0.25) is 0 Å². The van der Waals surface area contributed by atoms with Gasteiger partial charge >= 0.3 is 0 Å². The fourth-order valence-electron chi connectivity index (χ4n) is 3.74. The molecule has 0 aromatic carbocycles. The number of sulfone groups is 1. The van der Waals surface area contributed by atoms with Crippen LogP contribution >= 0.6 is 0 Å². The van der Waals surface area contributed by atoms with E-state index in [9.17, 15) is 13.2 Å². The summed E-state index contributed by atoms with van der Waals surface area (Å²) in [6.45, 7) is 5.89. The summed E-state index contributed by atoms with van der Waals surface area (Å²) in [6, 6.07) is 1.14. The Morgan fingerprint density at radius 1 is 1.24 bits per heavy atom. The molecule has 2 atom stereocenters. The van der Waals surface area contributed by atoms with Gasteiger partial charge in [0.05, 0.1) is 24.2 Å². The Morgan fingerprint density at radius 3 is 2.64 bits per heavy atom. The molecule has 1 amide bonds. The quantitative estimate of drug-likeness (QED) is 0.718. The van der Waals surface area contributed by atoms with E-state index in [2.05, 4.69) is 14.9 Å². The fraction of sp³-hybridized carbons (Fsp3) is 0.688. The third-order valence-corrected chi connectivity index (χ3v) is 6.52. The lowest BCUT2D eigenvalue weighted by Crippen LogP contribution is -2.61. The van der Waals surface area contributed by atoms with E-state index in [0.717, 1.165) is 5.69 Å². The molecule has 8 nitrogen and oxygen atoms in total. The molecule has 0 radical (unpaired) electrons. The first-order valence-electron chi connectivity index (χ1n) is 8.37. The first-order chi connectivity index (χ1) is 11.8. The lowest BCUT2D eigenvalue weighted by molar-refractivity contribution is 0.0243. The average molecular weight is 368 g/mol. The van der Waals surface area contributed by atoms with Crippen molar-refractivity contribution in [3.8, 4) is 0 Å². The average Bonchev–Trinajstić information content (AvgIpc) is 2.86. The van der Waals surface area contributed by atoms with Crippen LogP contribution in [-0.4, -0.2) is 91.0 Å². The van der Waals surface area contributed by atoms with Crippen LogP contribution in [0.3, 0.4) is 0 Å². The molecular weight excluding hydrogens is 344 g/mol. The summed E-state index contributed by atoms with van der Waals surface area (Å²) in [7, 11) is -1.53. The highest BCUT2D eigenvalue weighted by molar-refractivity contribution is 7.91. The number of fused-ring (bicyclic) bond motifs is 1. The molecule has 2 fully saturated rings. The number of aromatic nitrogens is 2. The second kappa shape index (κ2) is 6.97. The van der Waals surface area contributed by atoms with Crippen LogP contribution in [0.5, 0.6) is 0 Å². The number of nitrogens with zero attached hydrogens (tertiary/aromatic N) is 4. The van der Waals surface area contributed by atoms with Crippen molar-refractivity contribution in [2.75, 3.05) is 44.9 Å². The van der Waals surface area contributed by atoms with Crippen molar-refractivity contribution in [1.29, 1.82) is 0 Å². The van der Waals surface area contributed by atoms with Crippen molar-refractivity contribution >= 4 is 15.7 Å². The largest absolute Gasteiger partial charge is 0.383 e. The summed E-state index contributed by atoms with van der Waals surface area (Å²) in [5, 5.41) is 0. The predicted octanol–water partition coefficient (Wildman–Crippen LogP) is -0.337. The summed E-state index contributed by atoms with van der Waals surface area (Å²) >= 11 is 0. The molecule has 25 heavy (non-hydrogen) atoms. The number of carbonyl (C=O) groups is 1. The van der Waals surface area contributed by atoms with Crippen LogP contribution in [-0.2, 0) is 14.6 Å². The minimum atomic E-state index is -3.16. The molecule has 0 saturated carbocycles. The number of amides is 1. The van der Waals surface area contributed by atoms with Crippen molar-refractivity contribution in [3.63, 3.8) is 0 Å². The number of carbonyl (C=O) groups excluding carboxylic acids is 1. The molecule has 2 aliphatic heterocycles. The maximum atomic E-state index is 13.0. The number of aryl methyl sites for hydroxylation is 2. The molecule has 138 valence electrons. The van der Waals surface area contributed by atoms with Gasteiger partial charge in [0.25, 0.3) is 5.91 Å². The molecule has 1 aromatic rings. The summed E-state index contributed by atoms with van der Waals surface area (Å²) in [6.07, 6.45) is 0. The third kappa shape index (κ3) is 3.83. The number of rotatable bonds is 4. The molecule has 9 heteroatoms. The molecule has 0 unspecified atom stereocenters. The minimum absolute atomic E-state index is 0.00986. The van der Waals surface area contributed by atoms with Gasteiger partial charge in [-0.15, -0.1) is 0 Å². The SMILES string of the molecule is COCCN1CCN(C(=O)c2cc(C)nc(C)n2)[C@@H]2CS(=O)(=O)C[C@@H]21. The molecule has 2 saturated heterocycles. The van der Waals surface area contributed by atoms with Crippen molar-refractivity contribution in [2.24, 2.45) is 0 Å². The highest BCUT2D eigenvalue weighted by Gasteiger charge is 2.48. The van der Waals surface area contributed by atoms with Gasteiger partial charge in [0.2, 0.25) is 0 Å². The van der Waals surface area contributed by atoms with Crippen LogP contribution in [0.4, 0.5) is 0 Å². The zero-order valence-corrected chi connectivity index (χ0v) is 15.6. The molecule has 1 aromatic heterocycles. The van der Waals surface area contributed by atoms with Gasteiger partial charge in [-0.25, -0.2) is 18.4 Å². The molecule has 0 N–H and O–H groups in total. The van der Waals surface area contributed by atoms with Crippen molar-refractivity contribution in [1.82, 2.24) is 19.8 Å². The number of piperazine rings is 1. The number of hydrogen-bond acceptors (Lipinski definition) is 7. The Kier molecular flexibility index (Phi) is 5.08. The van der Waals surface area contributed by atoms with E-state index in [1.54, 1.807) is 25.0 Å². The van der Waals surface area contributed by atoms with E-state index in [-0.39, 0.29) is 29.5 Å². The minimum Gasteiger partial charge on any atom is -0.383 e. The molecule has 0 bridgehead atoms. The first-order valence-corrected chi connectivity index (χ1v) is 10.2. The Bertz CT molecular complexity index is 747. The lowest BCUT2D eigenvalue weighted by Gasteiger charge is -2.43. The van der Waals surface area contributed by atoms with E-state index in [0.29, 0.717) is 37.8 Å². The smallest absolute Gasteiger partial charge is 0.272 e. The van der Waals surface area contributed by atoms with E-state index < -0.39 is 9.84 Å². The topological polar surface area (TPSA) is 92.7 Å². The summed E-state index contributed by atoms with van der Waals surface area (Å²) in [5.74, 6) is 0.424. The zero-order chi connectivity index (χ0) is 18.2. The van der Waals surface area contributed by atoms with Crippen molar-refractivity contribution in [2.45, 2.75) is 25.9 Å². The Balaban J connectivity index is 1.86. The maximum absolute atomic E-state index is 13.0. The molecular formula is C16H24N4O4S. The van der Waals surface area contributed by atoms with Crippen LogP contribution < -0.4 is 0 Å². The Hall–Kier alpha value is -1.58. The third-order valence-electron chi connectivity index (χ3n) is 4.82. The molecule has 0 aliphatic carbocycles. The predicted molar refractivity (Wildman–Crippen MR) is 92.2 cm³/mol. The second-order valence-corrected chi connectivity index (χ2v) is 8.83. The number of hydrogen-bond donors (Lipinski definition) is 0. The van der Waals surface area contributed by atoms with Gasteiger partial charge in [-0.1, -0.05) is 0 Å². The van der Waals surface area contributed by atoms with Crippen LogP contribution in [0.15, 0.2) is 6.07 Å². The van der Waals surface area contributed by atoms with Crippen LogP contribution in [0, 0.1) is 13.8 Å². The van der Waals surface area contributed by atoms with Gasteiger partial charge in [-0.3, -0.25) is 9.69 Å². The van der Waals surface area contributed by atoms with Crippen molar-refractivity contribution < 1.29 is 17.9 Å². The van der Waals surface area contributed by atoms with E-state index in [4.69, 9.17) is 4.74 Å². The highest BCUT2D eigenvalue weighted by atomic mass is 32.2. The highest BCUT2D eigenvalue weighted by Crippen LogP contribution is 2.28. The molecule has 0 spiro atoms. The summed E-state index contributed by atoms with van der Waals surface area (Å²) in [4.78, 5) is 25.2. The Morgan fingerprint density at radius 2 is 1.96 bits per heavy atom. The van der Waals surface area contributed by atoms with E-state index in [1.165, 1.54) is 0 Å². The number of ether oxygens (including phenoxy) is 1. The number of methoxy groups -OCH3 is 1. The molecule has 3 rings (SSSR count). The summed E-state index contributed by atoms with van der Waals surface area (Å²) < 4.78 is 29.5.